The fourth-order valence-electron chi connectivity index (χ4n) is 3.10. The molecule has 0 fully saturated rings. The molecule has 2 aromatic heterocycles. The lowest BCUT2D eigenvalue weighted by atomic mass is 10.1. The Balaban J connectivity index is 1.41. The van der Waals surface area contributed by atoms with E-state index in [1.54, 1.807) is 37.3 Å². The number of aliphatic hydroxyl groups excluding tert-OH is 1. The molecule has 0 aliphatic rings. The van der Waals surface area contributed by atoms with E-state index in [1.807, 2.05) is 0 Å². The Morgan fingerprint density at radius 1 is 1.08 bits per heavy atom. The first kappa shape index (κ1) is 25.9. The SMILES string of the molecule is C[C@H](CO)Nc1cc(Nc2ccc(C(=O)Nc3nc(-c4ccc(F)c(C(F)(F)F)c4)ns3)cc2)ncn1. The van der Waals surface area contributed by atoms with E-state index >= 15 is 0 Å². The molecule has 14 heteroatoms. The highest BCUT2D eigenvalue weighted by Crippen LogP contribution is 2.34. The summed E-state index contributed by atoms with van der Waals surface area (Å²) in [7, 11) is 0. The number of aliphatic hydroxyl groups is 1. The van der Waals surface area contributed by atoms with Gasteiger partial charge in [0.05, 0.1) is 12.2 Å². The molecule has 2 aromatic carbocycles. The van der Waals surface area contributed by atoms with Crippen molar-refractivity contribution >= 4 is 39.9 Å². The van der Waals surface area contributed by atoms with Crippen LogP contribution in [0.5, 0.6) is 0 Å². The van der Waals surface area contributed by atoms with E-state index in [4.69, 9.17) is 5.11 Å². The van der Waals surface area contributed by atoms with Crippen molar-refractivity contribution in [2.24, 2.45) is 0 Å². The van der Waals surface area contributed by atoms with Gasteiger partial charge in [0.15, 0.2) is 5.82 Å². The number of anilines is 4. The summed E-state index contributed by atoms with van der Waals surface area (Å²) in [6, 6.07) is 10.4. The highest BCUT2D eigenvalue weighted by molar-refractivity contribution is 7.10. The topological polar surface area (TPSA) is 125 Å². The molecule has 0 spiro atoms. The zero-order chi connectivity index (χ0) is 26.6. The minimum Gasteiger partial charge on any atom is -0.394 e. The van der Waals surface area contributed by atoms with E-state index in [9.17, 15) is 22.4 Å². The number of hydrogen-bond donors (Lipinski definition) is 4. The van der Waals surface area contributed by atoms with Crippen molar-refractivity contribution in [2.45, 2.75) is 19.1 Å². The minimum atomic E-state index is -4.86. The van der Waals surface area contributed by atoms with Crippen molar-refractivity contribution in [2.75, 3.05) is 22.6 Å². The maximum atomic E-state index is 13.5. The van der Waals surface area contributed by atoms with E-state index < -0.39 is 23.5 Å². The summed E-state index contributed by atoms with van der Waals surface area (Å²) in [6.45, 7) is 1.74. The molecular formula is C23H19F4N7O2S. The highest BCUT2D eigenvalue weighted by atomic mass is 32.1. The monoisotopic (exact) mass is 533 g/mol. The van der Waals surface area contributed by atoms with Gasteiger partial charge in [0.1, 0.15) is 23.8 Å². The second-order valence-corrected chi connectivity index (χ2v) is 8.54. The fraction of sp³-hybridized carbons (Fsp3) is 0.174. The van der Waals surface area contributed by atoms with Crippen LogP contribution in [0, 0.1) is 5.82 Å². The molecule has 4 aromatic rings. The van der Waals surface area contributed by atoms with Crippen LogP contribution < -0.4 is 16.0 Å². The van der Waals surface area contributed by atoms with Gasteiger partial charge in [-0.25, -0.2) is 14.4 Å². The molecule has 0 saturated heterocycles. The Morgan fingerprint density at radius 2 is 1.81 bits per heavy atom. The van der Waals surface area contributed by atoms with Crippen LogP contribution in [0.25, 0.3) is 11.4 Å². The lowest BCUT2D eigenvalue weighted by Crippen LogP contribution is -2.20. The molecule has 2 heterocycles. The van der Waals surface area contributed by atoms with E-state index in [0.29, 0.717) is 35.0 Å². The van der Waals surface area contributed by atoms with Crippen molar-refractivity contribution < 1.29 is 27.5 Å². The van der Waals surface area contributed by atoms with Crippen molar-refractivity contribution in [3.05, 3.63) is 71.8 Å². The zero-order valence-corrected chi connectivity index (χ0v) is 19.9. The summed E-state index contributed by atoms with van der Waals surface area (Å²) in [5.41, 5.74) is -0.514. The molecule has 37 heavy (non-hydrogen) atoms. The first-order chi connectivity index (χ1) is 17.6. The third-order valence-corrected chi connectivity index (χ3v) is 5.56. The first-order valence-corrected chi connectivity index (χ1v) is 11.5. The molecule has 0 radical (unpaired) electrons. The van der Waals surface area contributed by atoms with E-state index in [1.165, 1.54) is 6.33 Å². The Bertz CT molecular complexity index is 1400. The van der Waals surface area contributed by atoms with Gasteiger partial charge < -0.3 is 15.7 Å². The van der Waals surface area contributed by atoms with Crippen LogP contribution in [0.4, 0.5) is 40.0 Å². The van der Waals surface area contributed by atoms with Crippen LogP contribution >= 0.6 is 11.5 Å². The molecule has 9 nitrogen and oxygen atoms in total. The summed E-state index contributed by atoms with van der Waals surface area (Å²) < 4.78 is 56.4. The number of rotatable bonds is 8. The summed E-state index contributed by atoms with van der Waals surface area (Å²) >= 11 is 0.781. The summed E-state index contributed by atoms with van der Waals surface area (Å²) in [6.07, 6.45) is -3.50. The number of hydrogen-bond acceptors (Lipinski definition) is 9. The standard InChI is InChI=1S/C23H19F4N7O2S/c1-12(10-35)30-18-9-19(29-11-28-18)31-15-5-2-13(3-6-15)21(36)33-22-32-20(34-37-22)14-4-7-17(24)16(8-14)23(25,26)27/h2-9,11-12,35H,10H2,1H3,(H2,28,29,30,31)(H,32,33,34,36)/t12-/m1/s1. The normalized spacial score (nSPS) is 12.2. The molecule has 0 bridgehead atoms. The van der Waals surface area contributed by atoms with Crippen molar-refractivity contribution in [1.29, 1.82) is 0 Å². The van der Waals surface area contributed by atoms with Gasteiger partial charge in [-0.15, -0.1) is 0 Å². The molecular weight excluding hydrogens is 514 g/mol. The summed E-state index contributed by atoms with van der Waals surface area (Å²) in [5.74, 6) is -0.947. The van der Waals surface area contributed by atoms with Gasteiger partial charge in [-0.3, -0.25) is 10.1 Å². The number of carbonyl (C=O) groups is 1. The minimum absolute atomic E-state index is 0.0326. The van der Waals surface area contributed by atoms with Gasteiger partial charge in [0.2, 0.25) is 5.13 Å². The van der Waals surface area contributed by atoms with Crippen molar-refractivity contribution in [3.8, 4) is 11.4 Å². The van der Waals surface area contributed by atoms with Gasteiger partial charge >= 0.3 is 6.18 Å². The first-order valence-electron chi connectivity index (χ1n) is 10.7. The molecule has 1 atom stereocenters. The fourth-order valence-corrected chi connectivity index (χ4v) is 3.68. The number of halogens is 4. The third-order valence-electron chi connectivity index (χ3n) is 4.93. The Morgan fingerprint density at radius 3 is 2.51 bits per heavy atom. The number of aromatic nitrogens is 4. The number of carbonyl (C=O) groups excluding carboxylic acids is 1. The average molecular weight is 534 g/mol. The van der Waals surface area contributed by atoms with Crippen LogP contribution in [-0.4, -0.2) is 43.0 Å². The number of benzene rings is 2. The molecule has 1 amide bonds. The summed E-state index contributed by atoms with van der Waals surface area (Å²) in [5, 5.41) is 17.9. The Hall–Kier alpha value is -4.17. The highest BCUT2D eigenvalue weighted by Gasteiger charge is 2.34. The second kappa shape index (κ2) is 10.8. The number of nitrogens with one attached hydrogen (secondary N) is 3. The quantitative estimate of drug-likeness (QED) is 0.235. The zero-order valence-electron chi connectivity index (χ0n) is 19.0. The van der Waals surface area contributed by atoms with Crippen LogP contribution in [0.1, 0.15) is 22.8 Å². The largest absolute Gasteiger partial charge is 0.419 e. The van der Waals surface area contributed by atoms with Crippen molar-refractivity contribution in [1.82, 2.24) is 19.3 Å². The van der Waals surface area contributed by atoms with Gasteiger partial charge in [-0.1, -0.05) is 0 Å². The molecule has 0 saturated carbocycles. The van der Waals surface area contributed by atoms with Crippen molar-refractivity contribution in [3.63, 3.8) is 0 Å². The van der Waals surface area contributed by atoms with Crippen LogP contribution in [0.3, 0.4) is 0 Å². The Labute approximate surface area is 211 Å². The smallest absolute Gasteiger partial charge is 0.394 e. The predicted molar refractivity (Wildman–Crippen MR) is 130 cm³/mol. The maximum absolute atomic E-state index is 13.5. The summed E-state index contributed by atoms with van der Waals surface area (Å²) in [4.78, 5) is 24.9. The number of alkyl halides is 3. The third kappa shape index (κ3) is 6.54. The Kier molecular flexibility index (Phi) is 7.59. The van der Waals surface area contributed by atoms with E-state index in [2.05, 4.69) is 35.3 Å². The van der Waals surface area contributed by atoms with Crippen LogP contribution in [0.15, 0.2) is 54.9 Å². The lowest BCUT2D eigenvalue weighted by Gasteiger charge is -2.12. The van der Waals surface area contributed by atoms with Crippen LogP contribution in [0.2, 0.25) is 0 Å². The van der Waals surface area contributed by atoms with E-state index in [0.717, 1.165) is 17.6 Å². The molecule has 4 rings (SSSR count). The van der Waals surface area contributed by atoms with Gasteiger partial charge in [-0.05, 0) is 49.4 Å². The molecule has 0 aliphatic carbocycles. The average Bonchev–Trinajstić information content (AvgIpc) is 3.32. The van der Waals surface area contributed by atoms with Gasteiger partial charge in [0.25, 0.3) is 5.91 Å². The second-order valence-electron chi connectivity index (χ2n) is 7.79. The number of nitrogens with zero attached hydrogens (tertiary/aromatic N) is 4. The molecule has 0 unspecified atom stereocenters. The molecule has 4 N–H and O–H groups in total. The molecule has 0 aliphatic heterocycles. The molecule has 192 valence electrons. The number of amides is 1. The van der Waals surface area contributed by atoms with Gasteiger partial charge in [0, 0.05) is 40.5 Å². The van der Waals surface area contributed by atoms with E-state index in [-0.39, 0.29) is 29.2 Å². The van der Waals surface area contributed by atoms with Crippen LogP contribution in [-0.2, 0) is 6.18 Å². The lowest BCUT2D eigenvalue weighted by molar-refractivity contribution is -0.139. The predicted octanol–water partition coefficient (Wildman–Crippen LogP) is 4.94. The van der Waals surface area contributed by atoms with Gasteiger partial charge in [-0.2, -0.15) is 22.5 Å². The maximum Gasteiger partial charge on any atom is 0.419 e.